The van der Waals surface area contributed by atoms with Gasteiger partial charge in [0.05, 0.1) is 24.9 Å². The topological polar surface area (TPSA) is 124 Å². The van der Waals surface area contributed by atoms with Gasteiger partial charge in [-0.05, 0) is 53.6 Å². The molecule has 5 unspecified atom stereocenters. The number of likely N-dealkylation sites (N-methyl/N-ethyl adjacent to an activating group) is 1. The van der Waals surface area contributed by atoms with Crippen LogP contribution in [0.3, 0.4) is 0 Å². The normalized spacial score (nSPS) is 20.5. The Morgan fingerprint density at radius 3 is 2.29 bits per heavy atom. The van der Waals surface area contributed by atoms with Crippen LogP contribution in [0.5, 0.6) is 5.75 Å². The number of carbonyl (C=O) groups excluding carboxylic acids is 1. The molecule has 236 valence electrons. The van der Waals surface area contributed by atoms with Crippen molar-refractivity contribution in [3.05, 3.63) is 131 Å². The molecule has 9 nitrogen and oxygen atoms in total. The van der Waals surface area contributed by atoms with Crippen LogP contribution in [0, 0.1) is 5.92 Å². The second-order valence-corrected chi connectivity index (χ2v) is 11.6. The Labute approximate surface area is 264 Å². The van der Waals surface area contributed by atoms with Gasteiger partial charge in [-0.2, -0.15) is 0 Å². The first-order chi connectivity index (χ1) is 21.8. The van der Waals surface area contributed by atoms with Gasteiger partial charge in [0.15, 0.2) is 6.29 Å². The van der Waals surface area contributed by atoms with E-state index in [9.17, 15) is 20.1 Å². The SMILES string of the molecule is CC1C(CN(C)CC(O)c2cccc(O)c2)OC(c2ccc(NC(=O)NCc3ccccc3)cc2)OC1c1ccc(CO)cc1. The van der Waals surface area contributed by atoms with Crippen molar-refractivity contribution in [3.8, 4) is 5.75 Å². The molecule has 4 aromatic carbocycles. The molecule has 0 radical (unpaired) electrons. The minimum Gasteiger partial charge on any atom is -0.508 e. The smallest absolute Gasteiger partial charge is 0.319 e. The third-order valence-electron chi connectivity index (χ3n) is 8.09. The van der Waals surface area contributed by atoms with E-state index in [2.05, 4.69) is 17.6 Å². The number of phenolic OH excluding ortho intramolecular Hbond substituents is 1. The van der Waals surface area contributed by atoms with Crippen LogP contribution in [0.25, 0.3) is 0 Å². The summed E-state index contributed by atoms with van der Waals surface area (Å²) >= 11 is 0. The van der Waals surface area contributed by atoms with Crippen LogP contribution < -0.4 is 10.6 Å². The van der Waals surface area contributed by atoms with Crippen LogP contribution in [-0.2, 0) is 22.6 Å². The summed E-state index contributed by atoms with van der Waals surface area (Å²) in [6.07, 6.45) is -1.97. The highest BCUT2D eigenvalue weighted by molar-refractivity contribution is 5.89. The summed E-state index contributed by atoms with van der Waals surface area (Å²) in [5.41, 5.74) is 4.91. The van der Waals surface area contributed by atoms with Crippen LogP contribution in [-0.4, -0.2) is 52.5 Å². The number of aliphatic hydroxyl groups excluding tert-OH is 2. The zero-order valence-electron chi connectivity index (χ0n) is 25.5. The Bertz CT molecular complexity index is 1520. The maximum atomic E-state index is 12.5. The number of phenols is 1. The highest BCUT2D eigenvalue weighted by Gasteiger charge is 2.39. The van der Waals surface area contributed by atoms with E-state index >= 15 is 0 Å². The maximum absolute atomic E-state index is 12.5. The van der Waals surface area contributed by atoms with Crippen molar-refractivity contribution in [1.82, 2.24) is 10.2 Å². The number of anilines is 1. The van der Waals surface area contributed by atoms with Gasteiger partial charge in [-0.1, -0.05) is 85.8 Å². The summed E-state index contributed by atoms with van der Waals surface area (Å²) in [6.45, 7) is 3.36. The summed E-state index contributed by atoms with van der Waals surface area (Å²) < 4.78 is 13.1. The van der Waals surface area contributed by atoms with Crippen molar-refractivity contribution in [3.63, 3.8) is 0 Å². The van der Waals surface area contributed by atoms with Crippen LogP contribution in [0.4, 0.5) is 10.5 Å². The van der Waals surface area contributed by atoms with Crippen molar-refractivity contribution in [2.24, 2.45) is 5.92 Å². The van der Waals surface area contributed by atoms with E-state index in [1.54, 1.807) is 24.3 Å². The number of nitrogens with zero attached hydrogens (tertiary/aromatic N) is 1. The molecule has 5 N–H and O–H groups in total. The number of rotatable bonds is 11. The summed E-state index contributed by atoms with van der Waals surface area (Å²) in [7, 11) is 1.93. The van der Waals surface area contributed by atoms with Crippen LogP contribution in [0.15, 0.2) is 103 Å². The molecule has 0 aliphatic carbocycles. The lowest BCUT2D eigenvalue weighted by Crippen LogP contribution is -2.44. The lowest BCUT2D eigenvalue weighted by Gasteiger charge is -2.42. The predicted octanol–water partition coefficient (Wildman–Crippen LogP) is 5.66. The van der Waals surface area contributed by atoms with Crippen LogP contribution in [0.2, 0.25) is 0 Å². The van der Waals surface area contributed by atoms with Gasteiger partial charge in [0, 0.05) is 36.8 Å². The minimum atomic E-state index is -0.778. The van der Waals surface area contributed by atoms with E-state index in [1.807, 2.05) is 90.8 Å². The van der Waals surface area contributed by atoms with Crippen molar-refractivity contribution >= 4 is 11.7 Å². The molecule has 0 spiro atoms. The summed E-state index contributed by atoms with van der Waals surface area (Å²) in [6, 6.07) is 31.2. The van der Waals surface area contributed by atoms with Gasteiger partial charge in [0.2, 0.25) is 0 Å². The van der Waals surface area contributed by atoms with Gasteiger partial charge in [0.1, 0.15) is 5.75 Å². The highest BCUT2D eigenvalue weighted by atomic mass is 16.7. The zero-order valence-corrected chi connectivity index (χ0v) is 25.5. The lowest BCUT2D eigenvalue weighted by molar-refractivity contribution is -0.276. The van der Waals surface area contributed by atoms with Gasteiger partial charge in [-0.25, -0.2) is 4.79 Å². The van der Waals surface area contributed by atoms with E-state index in [-0.39, 0.29) is 36.5 Å². The monoisotopic (exact) mass is 611 g/mol. The maximum Gasteiger partial charge on any atom is 0.319 e. The van der Waals surface area contributed by atoms with E-state index in [0.717, 1.165) is 22.3 Å². The molecule has 1 fully saturated rings. The molecule has 1 aliphatic heterocycles. The Kier molecular flexibility index (Phi) is 10.8. The molecule has 5 rings (SSSR count). The minimum absolute atomic E-state index is 0.0316. The quantitative estimate of drug-likeness (QED) is 0.148. The van der Waals surface area contributed by atoms with Gasteiger partial charge >= 0.3 is 6.03 Å². The van der Waals surface area contributed by atoms with E-state index in [0.29, 0.717) is 30.9 Å². The summed E-state index contributed by atoms with van der Waals surface area (Å²) in [5.74, 6) is 0.0818. The Balaban J connectivity index is 1.28. The number of benzene rings is 4. The molecular weight excluding hydrogens is 570 g/mol. The molecule has 0 bridgehead atoms. The molecule has 4 aromatic rings. The molecule has 1 saturated heterocycles. The molecule has 1 aliphatic rings. The first-order valence-electron chi connectivity index (χ1n) is 15.1. The fraction of sp³-hybridized carbons (Fsp3) is 0.306. The second-order valence-electron chi connectivity index (χ2n) is 11.6. The molecular formula is C36H41N3O6. The number of hydrogen-bond acceptors (Lipinski definition) is 7. The van der Waals surface area contributed by atoms with Crippen molar-refractivity contribution in [2.75, 3.05) is 25.5 Å². The average Bonchev–Trinajstić information content (AvgIpc) is 3.05. The molecule has 0 aromatic heterocycles. The summed E-state index contributed by atoms with van der Waals surface area (Å²) in [4.78, 5) is 14.5. The van der Waals surface area contributed by atoms with Crippen LogP contribution in [0.1, 0.15) is 53.2 Å². The number of aromatic hydroxyl groups is 1. The Morgan fingerprint density at radius 1 is 0.889 bits per heavy atom. The van der Waals surface area contributed by atoms with Gasteiger partial charge in [0.25, 0.3) is 0 Å². The standard InChI is InChI=1S/C36H41N3O6/c1-24-33(22-39(2)21-32(42)29-9-6-10-31(41)19-29)44-35(45-34(24)27-13-11-26(23-40)12-14-27)28-15-17-30(18-16-28)38-36(43)37-20-25-7-4-3-5-8-25/h3-19,24,32-35,40-42H,20-23H2,1-2H3,(H2,37,38,43). The fourth-order valence-corrected chi connectivity index (χ4v) is 5.52. The van der Waals surface area contributed by atoms with E-state index in [1.165, 1.54) is 0 Å². The van der Waals surface area contributed by atoms with Crippen molar-refractivity contribution < 1.29 is 29.6 Å². The van der Waals surface area contributed by atoms with E-state index in [4.69, 9.17) is 9.47 Å². The number of nitrogens with one attached hydrogen (secondary N) is 2. The second kappa shape index (κ2) is 15.2. The Hall–Kier alpha value is -4.25. The number of ether oxygens (including phenoxy) is 2. The molecule has 1 heterocycles. The lowest BCUT2D eigenvalue weighted by atomic mass is 9.90. The number of hydrogen-bond donors (Lipinski definition) is 5. The van der Waals surface area contributed by atoms with Crippen molar-refractivity contribution in [1.29, 1.82) is 0 Å². The molecule has 5 atom stereocenters. The molecule has 0 saturated carbocycles. The largest absolute Gasteiger partial charge is 0.508 e. The fourth-order valence-electron chi connectivity index (χ4n) is 5.52. The van der Waals surface area contributed by atoms with E-state index < -0.39 is 12.4 Å². The number of amides is 2. The Morgan fingerprint density at radius 2 is 1.60 bits per heavy atom. The molecule has 9 heteroatoms. The predicted molar refractivity (Wildman–Crippen MR) is 172 cm³/mol. The van der Waals surface area contributed by atoms with Crippen LogP contribution >= 0.6 is 0 Å². The zero-order chi connectivity index (χ0) is 31.8. The van der Waals surface area contributed by atoms with Gasteiger partial charge < -0.3 is 40.3 Å². The highest BCUT2D eigenvalue weighted by Crippen LogP contribution is 2.42. The number of aliphatic hydroxyl groups is 2. The number of carbonyl (C=O) groups is 1. The molecule has 2 amide bonds. The average molecular weight is 612 g/mol. The third kappa shape index (κ3) is 8.69. The molecule has 45 heavy (non-hydrogen) atoms. The van der Waals surface area contributed by atoms with Gasteiger partial charge in [-0.15, -0.1) is 0 Å². The third-order valence-corrected chi connectivity index (χ3v) is 8.09. The number of urea groups is 1. The first kappa shape index (κ1) is 32.2. The van der Waals surface area contributed by atoms with Crippen molar-refractivity contribution in [2.45, 2.75) is 44.7 Å². The first-order valence-corrected chi connectivity index (χ1v) is 15.1. The summed E-state index contributed by atoms with van der Waals surface area (Å²) in [5, 5.41) is 35.9. The van der Waals surface area contributed by atoms with Gasteiger partial charge in [-0.3, -0.25) is 0 Å².